The molecule has 121 heavy (non-hydrogen) atoms. The van der Waals surface area contributed by atoms with Gasteiger partial charge in [-0.25, -0.2) is 14.4 Å². The number of non-ortho nitro benzene ring substituents is 1. The molecule has 1 fully saturated rings. The molecule has 680 valence electrons. The van der Waals surface area contributed by atoms with Gasteiger partial charge in [-0.05, 0) is 177 Å². The van der Waals surface area contributed by atoms with Crippen LogP contribution in [0.15, 0.2) is 162 Å². The number of hydrogen-bond donors (Lipinski definition) is 0. The molecule has 4 aromatic carbocycles. The molecule has 0 spiro atoms. The van der Waals surface area contributed by atoms with Gasteiger partial charge in [0.25, 0.3) is 11.4 Å². The second kappa shape index (κ2) is 74.4. The number of amides is 1. The monoisotopic (exact) mass is 1950 g/mol. The Morgan fingerprint density at radius 1 is 0.620 bits per heavy atom. The van der Waals surface area contributed by atoms with Gasteiger partial charge >= 0.3 is 24.0 Å². The number of unbranched alkanes of at least 4 members (excludes halogenated alkanes) is 14. The molecule has 17 nitrogen and oxygen atoms in total. The zero-order chi connectivity index (χ0) is 91.5. The largest absolute Gasteiger partial charge is 0.475 e. The van der Waals surface area contributed by atoms with Gasteiger partial charge < -0.3 is 28.6 Å². The van der Waals surface area contributed by atoms with Crippen molar-refractivity contribution in [2.45, 2.75) is 283 Å². The number of nitro benzene ring substituents is 2. The Morgan fingerprint density at radius 3 is 1.60 bits per heavy atom. The van der Waals surface area contributed by atoms with Crippen molar-refractivity contribution in [1.29, 1.82) is 0 Å². The summed E-state index contributed by atoms with van der Waals surface area (Å²) in [4.78, 5) is 69.2. The second-order valence-electron chi connectivity index (χ2n) is 29.8. The van der Waals surface area contributed by atoms with Crippen molar-refractivity contribution in [2.75, 3.05) is 46.8 Å². The fourth-order valence-corrected chi connectivity index (χ4v) is 14.7. The first-order chi connectivity index (χ1) is 57.7. The molecule has 7 rings (SSSR count). The Hall–Kier alpha value is -5.87. The van der Waals surface area contributed by atoms with Gasteiger partial charge in [-0.1, -0.05) is 307 Å². The van der Waals surface area contributed by atoms with E-state index in [1.807, 2.05) is 42.6 Å². The molecule has 0 N–H and O–H groups in total. The van der Waals surface area contributed by atoms with Crippen LogP contribution in [0.4, 0.5) is 16.2 Å². The average molecular weight is 1950 g/mol. The van der Waals surface area contributed by atoms with Crippen molar-refractivity contribution in [3.05, 3.63) is 232 Å². The molecule has 1 amide bonds. The number of benzene rings is 4. The minimum absolute atomic E-state index is 0.00543. The van der Waals surface area contributed by atoms with Crippen molar-refractivity contribution >= 4 is 148 Å². The Kier molecular flexibility index (Phi) is 72.0. The number of esters is 3. The molecular formula is C95H139Br2Cl7N4O13. The summed E-state index contributed by atoms with van der Waals surface area (Å²) >= 11 is 47.5. The van der Waals surface area contributed by atoms with Gasteiger partial charge in [0.05, 0.1) is 66.5 Å². The molecule has 0 bridgehead atoms. The molecule has 2 aliphatic heterocycles. The molecule has 4 aromatic rings. The topological polar surface area (TPSA) is 207 Å². The van der Waals surface area contributed by atoms with Crippen LogP contribution in [0.25, 0.3) is 0 Å². The van der Waals surface area contributed by atoms with Crippen molar-refractivity contribution in [1.82, 2.24) is 9.80 Å². The van der Waals surface area contributed by atoms with E-state index in [0.717, 1.165) is 72.6 Å². The van der Waals surface area contributed by atoms with Gasteiger partial charge in [-0.15, -0.1) is 34.8 Å². The zero-order valence-electron chi connectivity index (χ0n) is 74.3. The van der Waals surface area contributed by atoms with Crippen LogP contribution in [0.1, 0.15) is 277 Å². The van der Waals surface area contributed by atoms with Gasteiger partial charge in [0.15, 0.2) is 5.88 Å². The van der Waals surface area contributed by atoms with E-state index in [0.29, 0.717) is 51.2 Å². The van der Waals surface area contributed by atoms with Crippen LogP contribution in [0.2, 0.25) is 10.0 Å². The molecule has 2 heterocycles. The van der Waals surface area contributed by atoms with Gasteiger partial charge in [0.2, 0.25) is 0 Å². The van der Waals surface area contributed by atoms with Crippen LogP contribution in [0.3, 0.4) is 0 Å². The van der Waals surface area contributed by atoms with Crippen LogP contribution in [0.5, 0.6) is 0 Å². The summed E-state index contributed by atoms with van der Waals surface area (Å²) in [5.41, 5.74) is 5.03. The Balaban J connectivity index is 0. The Morgan fingerprint density at radius 2 is 1.14 bits per heavy atom. The van der Waals surface area contributed by atoms with Crippen molar-refractivity contribution in [3.63, 3.8) is 0 Å². The maximum absolute atomic E-state index is 11.4. The molecule has 3 aliphatic rings. The summed E-state index contributed by atoms with van der Waals surface area (Å²) < 4.78 is 23.9. The van der Waals surface area contributed by atoms with E-state index in [9.17, 15) is 39.4 Å². The molecule has 26 heteroatoms. The van der Waals surface area contributed by atoms with Gasteiger partial charge in [0.1, 0.15) is 11.6 Å². The van der Waals surface area contributed by atoms with Gasteiger partial charge in [0, 0.05) is 73.9 Å². The van der Waals surface area contributed by atoms with E-state index in [2.05, 4.69) is 166 Å². The summed E-state index contributed by atoms with van der Waals surface area (Å²) in [5, 5.41) is 24.4. The Bertz CT molecular complexity index is 3710. The van der Waals surface area contributed by atoms with E-state index >= 15 is 0 Å². The highest BCUT2D eigenvalue weighted by Gasteiger charge is 2.30. The van der Waals surface area contributed by atoms with E-state index in [-0.39, 0.29) is 62.3 Å². The molecule has 1 aliphatic carbocycles. The first-order valence-electron chi connectivity index (χ1n) is 42.2. The molecule has 0 radical (unpaired) electrons. The third-order valence-electron chi connectivity index (χ3n) is 19.1. The van der Waals surface area contributed by atoms with Crippen molar-refractivity contribution < 1.29 is 52.7 Å². The summed E-state index contributed by atoms with van der Waals surface area (Å²) in [5.74, 6) is 2.33. The number of carbonyl (C=O) groups excluding carboxylic acids is 4. The number of allylic oxidation sites excluding steroid dienone is 6. The predicted octanol–water partition coefficient (Wildman–Crippen LogP) is 31.1. The lowest BCUT2D eigenvalue weighted by atomic mass is 9.82. The van der Waals surface area contributed by atoms with Crippen molar-refractivity contribution in [3.8, 4) is 0 Å². The summed E-state index contributed by atoms with van der Waals surface area (Å²) in [6.07, 6.45) is 50.5. The number of halogens is 9. The van der Waals surface area contributed by atoms with Crippen LogP contribution >= 0.6 is 113 Å². The minimum Gasteiger partial charge on any atom is -0.475 e. The Labute approximate surface area is 778 Å². The number of nitrogens with zero attached hydrogens (tertiary/aromatic N) is 4. The fourth-order valence-electron chi connectivity index (χ4n) is 12.4. The van der Waals surface area contributed by atoms with Crippen LogP contribution in [0, 0.1) is 52.8 Å². The lowest BCUT2D eigenvalue weighted by Crippen LogP contribution is -2.38. The molecule has 5 atom stereocenters. The average Bonchev–Trinajstić information content (AvgIpc) is 1.11. The van der Waals surface area contributed by atoms with E-state index in [1.165, 1.54) is 205 Å². The standard InChI is InChI=1S/C16H22ClNO.C16H31ClO2.C10H10ClNO4.C10H14ClNO2.C10H19Cl.C9H11Br.C9H8ClNO4.C8H17Cl.C7H7Br/c1-3-11-19-13(2)18-10-9-15(17)12-16(18)14-7-5-4-6-8-14;1-19-16(18)14-12-10-8-6-4-2-3-5-7-9-11-13-15-17;1-5-4-7(10(13)16-3)6(2)9(8(5)11)12(14)15;1-3-4-9-7-8(11)5-6-12(9)10(13)14-2;1-9(2)5-4-6-10(3)7-8-11;1-8(10)7-9-5-3-2-4-6-9;1-5-3-6(11(13)14)4-7(8(5)10)9(12)15-2;1-3-4-5-6-7-8(2)9;8-6-7-4-2-1-3-5-7/h3,9-10,12,14,16H,1-2,4-8,11H2;2-15H2,1H3;4H,1-3H3;5-7,9H,3-4H2,1-2H3;5,10H,4,6-8H2,1-3H3;2-6,8H,7H2,1H3;3-4H,1-2H3;8H,3-7H2,1-2H3;1-5H,6H2/t;;;;;;;8-;/m.......1./s1. The highest BCUT2D eigenvalue weighted by atomic mass is 79.9. The lowest BCUT2D eigenvalue weighted by Gasteiger charge is -2.38. The van der Waals surface area contributed by atoms with E-state index in [4.69, 9.17) is 85.9 Å². The highest BCUT2D eigenvalue weighted by molar-refractivity contribution is 9.09. The molecule has 0 saturated heterocycles. The minimum atomic E-state index is -0.688. The van der Waals surface area contributed by atoms with Crippen LogP contribution < -0.4 is 0 Å². The lowest BCUT2D eigenvalue weighted by molar-refractivity contribution is -0.385. The number of ether oxygens (including phenoxy) is 5. The maximum atomic E-state index is 11.4. The van der Waals surface area contributed by atoms with E-state index < -0.39 is 21.8 Å². The second-order valence-corrected chi connectivity index (χ2v) is 35.1. The van der Waals surface area contributed by atoms with Crippen LogP contribution in [-0.2, 0) is 40.2 Å². The first kappa shape index (κ1) is 117. The zero-order valence-corrected chi connectivity index (χ0v) is 82.8. The third kappa shape index (κ3) is 56.7. The van der Waals surface area contributed by atoms with E-state index in [1.54, 1.807) is 37.1 Å². The number of aryl methyl sites for hydroxylation is 2. The van der Waals surface area contributed by atoms with Crippen LogP contribution in [-0.4, -0.2) is 113 Å². The SMILES string of the molecule is BrCc1ccccc1.C=CCOC(=C)N1C=CC(Cl)=CC1C1CCCCC1.CC(Br)Cc1ccccc1.CC(C)=CCCC(C)CCCl.CCCC1C=C(Cl)C=CN1C(=O)OC.CCCCCC[C@@H](C)Cl.COC(=O)CCCCCCCCCCCCCCCl.COC(=O)c1cc(C)c(Cl)c([N+](=O)[O-])c1C.COC(=O)c1cc([N+](=O)[O-])cc(C)c1Cl. The number of alkyl halides is 5. The van der Waals surface area contributed by atoms with Crippen molar-refractivity contribution in [2.24, 2.45) is 11.8 Å². The number of nitro groups is 2. The predicted molar refractivity (Wildman–Crippen MR) is 517 cm³/mol. The smallest absolute Gasteiger partial charge is 0.414 e. The molecule has 1 saturated carbocycles. The quantitative estimate of drug-likeness (QED) is 0.00598. The fraction of sp³-hybridized carbons (Fsp3) is 0.558. The maximum Gasteiger partial charge on any atom is 0.414 e. The molecular weight excluding hydrogens is 1810 g/mol. The third-order valence-corrected chi connectivity index (χ3v) is 22.3. The number of carbonyl (C=O) groups is 4. The summed E-state index contributed by atoms with van der Waals surface area (Å²) in [6.45, 7) is 27.9. The van der Waals surface area contributed by atoms with Gasteiger partial charge in [-0.2, -0.15) is 0 Å². The number of hydrogen-bond acceptors (Lipinski definition) is 14. The number of rotatable bonds is 38. The highest BCUT2D eigenvalue weighted by Crippen LogP contribution is 2.36. The normalized spacial score (nSPS) is 14.2. The summed E-state index contributed by atoms with van der Waals surface area (Å²) in [6, 6.07) is 24.9. The molecule has 4 unspecified atom stereocenters. The summed E-state index contributed by atoms with van der Waals surface area (Å²) in [7, 11) is 5.24. The van der Waals surface area contributed by atoms with Gasteiger partial charge in [-0.3, -0.25) is 29.9 Å². The molecule has 0 aromatic heterocycles. The number of methoxy groups -OCH3 is 4. The first-order valence-corrected chi connectivity index (χ1v) is 47.3.